The summed E-state index contributed by atoms with van der Waals surface area (Å²) in [6.45, 7) is 4.07. The highest BCUT2D eigenvalue weighted by Gasteiger charge is 2.32. The number of nitrogens with zero attached hydrogens (tertiary/aromatic N) is 2. The van der Waals surface area contributed by atoms with Crippen LogP contribution in [0.5, 0.6) is 0 Å². The minimum absolute atomic E-state index is 0. The van der Waals surface area contributed by atoms with Crippen LogP contribution in [-0.2, 0) is 6.54 Å². The highest BCUT2D eigenvalue weighted by molar-refractivity contribution is 5.85. The summed E-state index contributed by atoms with van der Waals surface area (Å²) < 4.78 is 12.8. The number of benzene rings is 1. The van der Waals surface area contributed by atoms with Crippen LogP contribution in [0.4, 0.5) is 9.18 Å². The molecule has 1 aliphatic carbocycles. The fraction of sp³-hybridized carbons (Fsp3) is 0.588. The summed E-state index contributed by atoms with van der Waals surface area (Å²) in [5.74, 6) is 0.219. The Hall–Kier alpha value is -1.37. The molecule has 24 heavy (non-hydrogen) atoms. The number of rotatable bonds is 5. The minimum Gasteiger partial charge on any atom is -0.392 e. The second-order valence-electron chi connectivity index (χ2n) is 6.48. The third-order valence-electron chi connectivity index (χ3n) is 4.63. The van der Waals surface area contributed by atoms with Gasteiger partial charge in [-0.05, 0) is 36.5 Å². The molecule has 2 fully saturated rings. The molecule has 0 bridgehead atoms. The number of piperazine rings is 1. The van der Waals surface area contributed by atoms with Gasteiger partial charge in [0.25, 0.3) is 0 Å². The predicted octanol–water partition coefficient (Wildman–Crippen LogP) is 1.85. The zero-order valence-corrected chi connectivity index (χ0v) is 14.5. The second kappa shape index (κ2) is 8.65. The average molecular weight is 358 g/mol. The van der Waals surface area contributed by atoms with Crippen LogP contribution in [0.25, 0.3) is 0 Å². The van der Waals surface area contributed by atoms with Crippen LogP contribution in [0.15, 0.2) is 24.3 Å². The van der Waals surface area contributed by atoms with Crippen LogP contribution in [0.3, 0.4) is 0 Å². The number of carbonyl (C=O) groups is 1. The Bertz CT molecular complexity index is 531. The van der Waals surface area contributed by atoms with E-state index in [-0.39, 0.29) is 30.4 Å². The average Bonchev–Trinajstić information content (AvgIpc) is 3.40. The van der Waals surface area contributed by atoms with Gasteiger partial charge in [-0.25, -0.2) is 9.18 Å². The molecule has 2 N–H and O–H groups in total. The number of aliphatic hydroxyl groups excluding tert-OH is 1. The van der Waals surface area contributed by atoms with Crippen molar-refractivity contribution in [3.05, 3.63) is 35.6 Å². The standard InChI is InChI=1S/C17H24FN3O2.ClH/c18-15-5-1-13(2-6-15)11-19-17(23)21-9-7-20(8-10-21)12-16(22)14-3-4-14;/h1-2,5-6,14,16,22H,3-4,7-12H2,(H,19,23);1H. The molecule has 1 heterocycles. The Kier molecular flexibility index (Phi) is 6.83. The van der Waals surface area contributed by atoms with E-state index >= 15 is 0 Å². The Morgan fingerprint density at radius 2 is 1.83 bits per heavy atom. The number of amides is 2. The van der Waals surface area contributed by atoms with Crippen molar-refractivity contribution in [2.75, 3.05) is 32.7 Å². The molecule has 2 amide bonds. The van der Waals surface area contributed by atoms with Gasteiger partial charge < -0.3 is 15.3 Å². The van der Waals surface area contributed by atoms with Gasteiger partial charge in [-0.2, -0.15) is 0 Å². The van der Waals surface area contributed by atoms with Gasteiger partial charge in [0.2, 0.25) is 0 Å². The summed E-state index contributed by atoms with van der Waals surface area (Å²) in [6, 6.07) is 6.05. The van der Waals surface area contributed by atoms with Gasteiger partial charge in [-0.15, -0.1) is 12.4 Å². The van der Waals surface area contributed by atoms with E-state index in [0.717, 1.165) is 38.0 Å². The molecule has 1 aromatic carbocycles. The van der Waals surface area contributed by atoms with E-state index in [0.29, 0.717) is 25.6 Å². The Labute approximate surface area is 148 Å². The molecular weight excluding hydrogens is 333 g/mol. The van der Waals surface area contributed by atoms with E-state index in [1.807, 2.05) is 0 Å². The van der Waals surface area contributed by atoms with Gasteiger partial charge >= 0.3 is 6.03 Å². The number of aliphatic hydroxyl groups is 1. The minimum atomic E-state index is -0.274. The Balaban J connectivity index is 0.00000208. The number of carbonyl (C=O) groups excluding carboxylic acids is 1. The quantitative estimate of drug-likeness (QED) is 0.845. The normalized spacial score (nSPS) is 19.5. The maximum atomic E-state index is 12.8. The van der Waals surface area contributed by atoms with Crippen molar-refractivity contribution in [1.82, 2.24) is 15.1 Å². The highest BCUT2D eigenvalue weighted by atomic mass is 35.5. The van der Waals surface area contributed by atoms with Crippen LogP contribution in [0.2, 0.25) is 0 Å². The van der Waals surface area contributed by atoms with Gasteiger partial charge in [-0.1, -0.05) is 12.1 Å². The van der Waals surface area contributed by atoms with Crippen molar-refractivity contribution >= 4 is 18.4 Å². The van der Waals surface area contributed by atoms with Crippen molar-refractivity contribution in [3.63, 3.8) is 0 Å². The first-order valence-electron chi connectivity index (χ1n) is 8.29. The van der Waals surface area contributed by atoms with Crippen molar-refractivity contribution in [2.45, 2.75) is 25.5 Å². The first kappa shape index (κ1) is 19.0. The lowest BCUT2D eigenvalue weighted by Gasteiger charge is -2.35. The molecule has 1 atom stereocenters. The van der Waals surface area contributed by atoms with Crippen LogP contribution < -0.4 is 5.32 Å². The summed E-state index contributed by atoms with van der Waals surface area (Å²) in [6.07, 6.45) is 2.08. The lowest BCUT2D eigenvalue weighted by Crippen LogP contribution is -2.53. The smallest absolute Gasteiger partial charge is 0.317 e. The number of hydrogen-bond donors (Lipinski definition) is 2. The van der Waals surface area contributed by atoms with E-state index in [9.17, 15) is 14.3 Å². The Morgan fingerprint density at radius 3 is 2.42 bits per heavy atom. The third kappa shape index (κ3) is 5.33. The molecule has 0 radical (unpaired) electrons. The molecule has 0 spiro atoms. The summed E-state index contributed by atoms with van der Waals surface area (Å²) >= 11 is 0. The van der Waals surface area contributed by atoms with E-state index in [1.165, 1.54) is 12.1 Å². The molecule has 1 aromatic rings. The molecule has 0 aromatic heterocycles. The van der Waals surface area contributed by atoms with Crippen LogP contribution in [0, 0.1) is 11.7 Å². The third-order valence-corrected chi connectivity index (χ3v) is 4.63. The summed E-state index contributed by atoms with van der Waals surface area (Å²) in [5.41, 5.74) is 0.881. The molecule has 5 nitrogen and oxygen atoms in total. The Morgan fingerprint density at radius 1 is 1.21 bits per heavy atom. The zero-order chi connectivity index (χ0) is 16.2. The van der Waals surface area contributed by atoms with Gasteiger partial charge in [0.15, 0.2) is 0 Å². The molecule has 7 heteroatoms. The fourth-order valence-corrected chi connectivity index (χ4v) is 2.92. The number of nitrogens with one attached hydrogen (secondary N) is 1. The van der Waals surface area contributed by atoms with E-state index in [2.05, 4.69) is 10.2 Å². The van der Waals surface area contributed by atoms with E-state index in [4.69, 9.17) is 0 Å². The molecule has 1 unspecified atom stereocenters. The zero-order valence-electron chi connectivity index (χ0n) is 13.7. The fourth-order valence-electron chi connectivity index (χ4n) is 2.92. The lowest BCUT2D eigenvalue weighted by atomic mass is 10.2. The van der Waals surface area contributed by atoms with E-state index < -0.39 is 0 Å². The van der Waals surface area contributed by atoms with Gasteiger partial charge in [0.05, 0.1) is 6.10 Å². The van der Waals surface area contributed by atoms with E-state index in [1.54, 1.807) is 17.0 Å². The predicted molar refractivity (Wildman–Crippen MR) is 92.6 cm³/mol. The first-order valence-corrected chi connectivity index (χ1v) is 8.29. The molecule has 1 saturated carbocycles. The molecular formula is C17H25ClFN3O2. The largest absolute Gasteiger partial charge is 0.392 e. The van der Waals surface area contributed by atoms with Crippen molar-refractivity contribution < 1.29 is 14.3 Å². The number of hydrogen-bond acceptors (Lipinski definition) is 3. The maximum absolute atomic E-state index is 12.8. The lowest BCUT2D eigenvalue weighted by molar-refractivity contribution is 0.0696. The summed E-state index contributed by atoms with van der Waals surface area (Å²) in [5, 5.41) is 12.9. The highest BCUT2D eigenvalue weighted by Crippen LogP contribution is 2.32. The number of β-amino-alcohol motifs (C(OH)–C–C–N with tert-alkyl or cyclic N) is 1. The number of halogens is 2. The van der Waals surface area contributed by atoms with Gasteiger partial charge in [0.1, 0.15) is 5.82 Å². The molecule has 1 saturated heterocycles. The van der Waals surface area contributed by atoms with Gasteiger partial charge in [0, 0.05) is 39.3 Å². The number of urea groups is 1. The second-order valence-corrected chi connectivity index (χ2v) is 6.48. The van der Waals surface area contributed by atoms with Crippen molar-refractivity contribution in [1.29, 1.82) is 0 Å². The molecule has 2 aliphatic rings. The van der Waals surface area contributed by atoms with Crippen LogP contribution in [0.1, 0.15) is 18.4 Å². The van der Waals surface area contributed by atoms with Crippen LogP contribution in [-0.4, -0.2) is 59.8 Å². The van der Waals surface area contributed by atoms with Gasteiger partial charge in [-0.3, -0.25) is 4.90 Å². The molecule has 134 valence electrons. The summed E-state index contributed by atoms with van der Waals surface area (Å²) in [4.78, 5) is 16.2. The monoisotopic (exact) mass is 357 g/mol. The maximum Gasteiger partial charge on any atom is 0.317 e. The van der Waals surface area contributed by atoms with Crippen LogP contribution >= 0.6 is 12.4 Å². The first-order chi connectivity index (χ1) is 11.1. The molecule has 1 aliphatic heterocycles. The SMILES string of the molecule is Cl.O=C(NCc1ccc(F)cc1)N1CCN(CC(O)C2CC2)CC1. The van der Waals surface area contributed by atoms with Crippen molar-refractivity contribution in [3.8, 4) is 0 Å². The topological polar surface area (TPSA) is 55.8 Å². The van der Waals surface area contributed by atoms with Crippen molar-refractivity contribution in [2.24, 2.45) is 5.92 Å². The molecule has 3 rings (SSSR count). The summed E-state index contributed by atoms with van der Waals surface area (Å²) in [7, 11) is 0.